The van der Waals surface area contributed by atoms with Crippen molar-refractivity contribution in [3.63, 3.8) is 0 Å². The summed E-state index contributed by atoms with van der Waals surface area (Å²) in [6.07, 6.45) is 1.47. The number of hydrogen-bond acceptors (Lipinski definition) is 3. The van der Waals surface area contributed by atoms with Crippen molar-refractivity contribution in [2.45, 2.75) is 12.8 Å². The lowest BCUT2D eigenvalue weighted by Gasteiger charge is -2.16. The number of hydrogen-bond donors (Lipinski definition) is 2. The summed E-state index contributed by atoms with van der Waals surface area (Å²) in [5, 5.41) is 6.17. The molecule has 0 unspecified atom stereocenters. The van der Waals surface area contributed by atoms with Crippen molar-refractivity contribution < 1.29 is 8.78 Å². The molecule has 6 heteroatoms. The zero-order valence-corrected chi connectivity index (χ0v) is 12.2. The van der Waals surface area contributed by atoms with E-state index in [0.29, 0.717) is 18.5 Å². The van der Waals surface area contributed by atoms with Crippen LogP contribution in [0.4, 0.5) is 8.78 Å². The van der Waals surface area contributed by atoms with Gasteiger partial charge >= 0.3 is 0 Å². The molecule has 0 spiro atoms. The molecule has 0 atom stereocenters. The standard InChI is InChI=1S/C12H15F2N3.HI/c13-10-4-1-3-9(11(10)14)5-8-17-12-15-6-2-7-16-12;/h1,3-4H,2,5-8H2,(H2,15,16,17);1H. The molecule has 1 heterocycles. The molecule has 1 aliphatic heterocycles. The van der Waals surface area contributed by atoms with E-state index in [1.165, 1.54) is 6.07 Å². The minimum absolute atomic E-state index is 0. The Balaban J connectivity index is 0.00000162. The van der Waals surface area contributed by atoms with Gasteiger partial charge in [-0.2, -0.15) is 0 Å². The number of nitrogens with zero attached hydrogens (tertiary/aromatic N) is 1. The van der Waals surface area contributed by atoms with Gasteiger partial charge in [-0.3, -0.25) is 4.99 Å². The van der Waals surface area contributed by atoms with E-state index < -0.39 is 11.6 Å². The van der Waals surface area contributed by atoms with Gasteiger partial charge < -0.3 is 10.6 Å². The topological polar surface area (TPSA) is 36.4 Å². The van der Waals surface area contributed by atoms with E-state index >= 15 is 0 Å². The van der Waals surface area contributed by atoms with Crippen molar-refractivity contribution in [2.24, 2.45) is 4.99 Å². The van der Waals surface area contributed by atoms with Crippen LogP contribution in [-0.2, 0) is 6.42 Å². The molecule has 0 bridgehead atoms. The minimum atomic E-state index is -0.796. The first-order valence-electron chi connectivity index (χ1n) is 5.72. The summed E-state index contributed by atoms with van der Waals surface area (Å²) in [4.78, 5) is 4.23. The second-order valence-electron chi connectivity index (χ2n) is 3.90. The van der Waals surface area contributed by atoms with E-state index in [-0.39, 0.29) is 24.0 Å². The van der Waals surface area contributed by atoms with E-state index in [4.69, 9.17) is 0 Å². The van der Waals surface area contributed by atoms with Gasteiger partial charge in [-0.05, 0) is 24.5 Å². The summed E-state index contributed by atoms with van der Waals surface area (Å²) in [5.74, 6) is -0.809. The Morgan fingerprint density at radius 1 is 1.33 bits per heavy atom. The van der Waals surface area contributed by atoms with Crippen LogP contribution >= 0.6 is 24.0 Å². The Labute approximate surface area is 122 Å². The summed E-state index contributed by atoms with van der Waals surface area (Å²) in [6, 6.07) is 4.24. The lowest BCUT2D eigenvalue weighted by molar-refractivity contribution is 0.498. The maximum atomic E-state index is 13.3. The first kappa shape index (κ1) is 15.1. The molecule has 0 aliphatic carbocycles. The molecule has 100 valence electrons. The third kappa shape index (κ3) is 4.08. The van der Waals surface area contributed by atoms with Crippen molar-refractivity contribution >= 4 is 29.9 Å². The van der Waals surface area contributed by atoms with Crippen LogP contribution < -0.4 is 10.6 Å². The van der Waals surface area contributed by atoms with Crippen molar-refractivity contribution in [3.05, 3.63) is 35.4 Å². The molecule has 0 amide bonds. The molecule has 2 N–H and O–H groups in total. The second-order valence-corrected chi connectivity index (χ2v) is 3.90. The predicted molar refractivity (Wildman–Crippen MR) is 78.4 cm³/mol. The number of benzene rings is 1. The Morgan fingerprint density at radius 2 is 2.17 bits per heavy atom. The molecule has 2 rings (SSSR count). The highest BCUT2D eigenvalue weighted by molar-refractivity contribution is 14.0. The average Bonchev–Trinajstić information content (AvgIpc) is 2.36. The second kappa shape index (κ2) is 7.50. The van der Waals surface area contributed by atoms with Crippen LogP contribution in [0.5, 0.6) is 0 Å². The Kier molecular flexibility index (Phi) is 6.31. The molecule has 18 heavy (non-hydrogen) atoms. The van der Waals surface area contributed by atoms with Gasteiger partial charge in [0.1, 0.15) is 0 Å². The van der Waals surface area contributed by atoms with E-state index in [1.54, 1.807) is 6.07 Å². The maximum absolute atomic E-state index is 13.3. The summed E-state index contributed by atoms with van der Waals surface area (Å²) in [7, 11) is 0. The largest absolute Gasteiger partial charge is 0.356 e. The highest BCUT2D eigenvalue weighted by atomic mass is 127. The van der Waals surface area contributed by atoms with Crippen molar-refractivity contribution in [3.8, 4) is 0 Å². The van der Waals surface area contributed by atoms with E-state index in [9.17, 15) is 8.78 Å². The number of aliphatic imine (C=N–C) groups is 1. The highest BCUT2D eigenvalue weighted by Gasteiger charge is 2.08. The van der Waals surface area contributed by atoms with Gasteiger partial charge in [-0.25, -0.2) is 8.78 Å². The summed E-state index contributed by atoms with van der Waals surface area (Å²) >= 11 is 0. The zero-order chi connectivity index (χ0) is 12.1. The van der Waals surface area contributed by atoms with Crippen LogP contribution in [0.2, 0.25) is 0 Å². The van der Waals surface area contributed by atoms with Crippen LogP contribution in [0.25, 0.3) is 0 Å². The average molecular weight is 367 g/mol. The smallest absolute Gasteiger partial charge is 0.191 e. The molecular formula is C12H16F2IN3. The van der Waals surface area contributed by atoms with E-state index in [1.807, 2.05) is 0 Å². The minimum Gasteiger partial charge on any atom is -0.356 e. The lowest BCUT2D eigenvalue weighted by atomic mass is 10.1. The fourth-order valence-electron chi connectivity index (χ4n) is 1.71. The van der Waals surface area contributed by atoms with Crippen LogP contribution in [-0.4, -0.2) is 25.6 Å². The summed E-state index contributed by atoms with van der Waals surface area (Å²) in [6.45, 7) is 2.25. The monoisotopic (exact) mass is 367 g/mol. The fourth-order valence-corrected chi connectivity index (χ4v) is 1.71. The molecule has 0 saturated heterocycles. The van der Waals surface area contributed by atoms with Crippen molar-refractivity contribution in [1.82, 2.24) is 10.6 Å². The number of nitrogens with one attached hydrogen (secondary N) is 2. The number of guanidine groups is 1. The van der Waals surface area contributed by atoms with Crippen LogP contribution in [0.1, 0.15) is 12.0 Å². The summed E-state index contributed by atoms with van der Waals surface area (Å²) < 4.78 is 26.2. The molecule has 1 aromatic carbocycles. The fraction of sp³-hybridized carbons (Fsp3) is 0.417. The molecule has 0 aromatic heterocycles. The first-order valence-corrected chi connectivity index (χ1v) is 5.72. The number of rotatable bonds is 3. The van der Waals surface area contributed by atoms with E-state index in [0.717, 1.165) is 31.5 Å². The van der Waals surface area contributed by atoms with Gasteiger partial charge in [0.25, 0.3) is 0 Å². The maximum Gasteiger partial charge on any atom is 0.191 e. The Hall–Kier alpha value is -0.920. The molecule has 1 aromatic rings. The molecule has 3 nitrogen and oxygen atoms in total. The Bertz CT molecular complexity index is 424. The summed E-state index contributed by atoms with van der Waals surface area (Å²) in [5.41, 5.74) is 0.383. The molecule has 0 fully saturated rings. The van der Waals surface area contributed by atoms with E-state index in [2.05, 4.69) is 15.6 Å². The molecule has 0 radical (unpaired) electrons. The van der Waals surface area contributed by atoms with Gasteiger partial charge in [0.05, 0.1) is 0 Å². The zero-order valence-electron chi connectivity index (χ0n) is 9.88. The normalized spacial score (nSPS) is 14.2. The highest BCUT2D eigenvalue weighted by Crippen LogP contribution is 2.11. The van der Waals surface area contributed by atoms with Crippen LogP contribution in [0.3, 0.4) is 0 Å². The SMILES string of the molecule is Fc1cccc(CCNC2=NCCCN2)c1F.I. The van der Waals surface area contributed by atoms with Crippen molar-refractivity contribution in [1.29, 1.82) is 0 Å². The lowest BCUT2D eigenvalue weighted by Crippen LogP contribution is -2.41. The van der Waals surface area contributed by atoms with Crippen molar-refractivity contribution in [2.75, 3.05) is 19.6 Å². The van der Waals surface area contributed by atoms with Gasteiger partial charge in [-0.1, -0.05) is 12.1 Å². The Morgan fingerprint density at radius 3 is 2.89 bits per heavy atom. The van der Waals surface area contributed by atoms with Crippen LogP contribution in [0.15, 0.2) is 23.2 Å². The molecule has 1 aliphatic rings. The molecule has 0 saturated carbocycles. The third-order valence-electron chi connectivity index (χ3n) is 2.62. The van der Waals surface area contributed by atoms with Gasteiger partial charge in [0.2, 0.25) is 0 Å². The van der Waals surface area contributed by atoms with Gasteiger partial charge in [0, 0.05) is 19.6 Å². The molecular weight excluding hydrogens is 351 g/mol. The third-order valence-corrected chi connectivity index (χ3v) is 2.62. The number of halogens is 3. The quantitative estimate of drug-likeness (QED) is 0.803. The van der Waals surface area contributed by atoms with Gasteiger partial charge in [0.15, 0.2) is 17.6 Å². The van der Waals surface area contributed by atoms with Gasteiger partial charge in [-0.15, -0.1) is 24.0 Å². The first-order chi connectivity index (χ1) is 8.27. The predicted octanol–water partition coefficient (Wildman–Crippen LogP) is 2.06. The van der Waals surface area contributed by atoms with Crippen LogP contribution in [0, 0.1) is 11.6 Å².